The van der Waals surface area contributed by atoms with Crippen molar-refractivity contribution in [1.29, 1.82) is 0 Å². The maximum atomic E-state index is 14.0. The van der Waals surface area contributed by atoms with Crippen LogP contribution in [0.25, 0.3) is 10.8 Å². The summed E-state index contributed by atoms with van der Waals surface area (Å²) < 4.78 is 0.494. The predicted molar refractivity (Wildman–Crippen MR) is 168 cm³/mol. The number of nitrogens with zero attached hydrogens (tertiary/aromatic N) is 2. The summed E-state index contributed by atoms with van der Waals surface area (Å²) in [6.07, 6.45) is 14.1. The van der Waals surface area contributed by atoms with Gasteiger partial charge in [0.25, 0.3) is 23.6 Å². The van der Waals surface area contributed by atoms with Gasteiger partial charge in [-0.05, 0) is 59.8 Å². The Morgan fingerprint density at radius 1 is 0.585 bits per heavy atom. The van der Waals surface area contributed by atoms with Gasteiger partial charge in [0, 0.05) is 44.0 Å². The molecule has 2 aliphatic rings. The smallest absolute Gasteiger partial charge is 0.262 e. The minimum atomic E-state index is -0.348. The average molecular weight is 626 g/mol. The Kier molecular flexibility index (Phi) is 10.8. The van der Waals surface area contributed by atoms with Crippen LogP contribution in [0.4, 0.5) is 0 Å². The highest BCUT2D eigenvalue weighted by molar-refractivity contribution is 9.10. The number of amides is 4. The number of halogens is 1. The molecular formula is C34H45BrN2O4. The quantitative estimate of drug-likeness (QED) is 0.138. The van der Waals surface area contributed by atoms with Crippen LogP contribution in [0.2, 0.25) is 0 Å². The molecule has 222 valence electrons. The van der Waals surface area contributed by atoms with Crippen molar-refractivity contribution in [3.63, 3.8) is 0 Å². The third-order valence-electron chi connectivity index (χ3n) is 8.97. The summed E-state index contributed by atoms with van der Waals surface area (Å²) in [4.78, 5) is 58.5. The molecule has 0 aromatic heterocycles. The van der Waals surface area contributed by atoms with E-state index in [1.54, 1.807) is 18.2 Å². The molecule has 2 heterocycles. The summed E-state index contributed by atoms with van der Waals surface area (Å²) in [7, 11) is 0. The van der Waals surface area contributed by atoms with Crippen molar-refractivity contribution < 1.29 is 19.2 Å². The molecular weight excluding hydrogens is 580 g/mol. The van der Waals surface area contributed by atoms with E-state index in [0.29, 0.717) is 50.3 Å². The van der Waals surface area contributed by atoms with E-state index in [2.05, 4.69) is 29.8 Å². The second kappa shape index (κ2) is 14.1. The summed E-state index contributed by atoms with van der Waals surface area (Å²) in [6.45, 7) is 8.40. The maximum Gasteiger partial charge on any atom is 0.262 e. The van der Waals surface area contributed by atoms with Crippen molar-refractivity contribution in [2.45, 2.75) is 130 Å². The van der Waals surface area contributed by atoms with Gasteiger partial charge in [-0.3, -0.25) is 29.0 Å². The van der Waals surface area contributed by atoms with Crippen LogP contribution >= 0.6 is 15.9 Å². The molecule has 2 aromatic carbocycles. The van der Waals surface area contributed by atoms with E-state index in [4.69, 9.17) is 0 Å². The number of unbranched alkanes of at least 4 members (excludes halogenated alkanes) is 8. The minimum absolute atomic E-state index is 0.188. The van der Waals surface area contributed by atoms with Crippen LogP contribution in [0, 0.1) is 0 Å². The first kappa shape index (κ1) is 31.4. The van der Waals surface area contributed by atoms with Crippen molar-refractivity contribution >= 4 is 50.3 Å². The van der Waals surface area contributed by atoms with Crippen LogP contribution < -0.4 is 0 Å². The summed E-state index contributed by atoms with van der Waals surface area (Å²) in [5, 5.41) is 0.878. The molecule has 2 aromatic rings. The van der Waals surface area contributed by atoms with E-state index in [0.717, 1.165) is 51.4 Å². The molecule has 0 spiro atoms. The van der Waals surface area contributed by atoms with E-state index in [9.17, 15) is 19.2 Å². The Morgan fingerprint density at radius 3 is 1.51 bits per heavy atom. The van der Waals surface area contributed by atoms with Crippen LogP contribution in [-0.2, 0) is 0 Å². The minimum Gasteiger partial charge on any atom is -0.271 e. The van der Waals surface area contributed by atoms with Crippen LogP contribution in [0.1, 0.15) is 159 Å². The van der Waals surface area contributed by atoms with Crippen molar-refractivity contribution in [3.05, 3.63) is 44.9 Å². The monoisotopic (exact) mass is 624 g/mol. The number of hydrogen-bond acceptors (Lipinski definition) is 4. The standard InChI is InChI=1S/C34H45BrN2O4/c1-5-9-11-13-15-17-22(7-3)36-31(38)24-19-20-25-29-28(24)26(33(36)40)21-27(35)30(29)34(41)37(32(25)39)23(8-4)18-16-14-12-10-6-2/h19-23H,5-18H2,1-4H3. The molecule has 4 amide bonds. The third-order valence-corrected chi connectivity index (χ3v) is 9.59. The molecule has 0 bridgehead atoms. The molecule has 4 rings (SSSR count). The number of hydrogen-bond donors (Lipinski definition) is 0. The first-order chi connectivity index (χ1) is 19.8. The van der Waals surface area contributed by atoms with E-state index < -0.39 is 0 Å². The Bertz CT molecular complexity index is 1320. The first-order valence-electron chi connectivity index (χ1n) is 15.9. The molecule has 0 fully saturated rings. The fourth-order valence-electron chi connectivity index (χ4n) is 6.62. The SMILES string of the molecule is CCCCCCCC(CC)N1C(=O)c2ccc3c4c(c(Br)cc(c24)C1=O)C(=O)N(C(CC)CCCCCCC)C3=O. The first-order valence-corrected chi connectivity index (χ1v) is 16.7. The molecule has 41 heavy (non-hydrogen) atoms. The molecule has 0 aliphatic carbocycles. The summed E-state index contributed by atoms with van der Waals surface area (Å²) >= 11 is 3.59. The second-order valence-corrected chi connectivity index (χ2v) is 12.5. The molecule has 2 aliphatic heterocycles. The Balaban J connectivity index is 1.69. The molecule has 2 atom stereocenters. The van der Waals surface area contributed by atoms with Crippen molar-refractivity contribution in [3.8, 4) is 0 Å². The number of benzene rings is 2. The van der Waals surface area contributed by atoms with Crippen LogP contribution in [0.5, 0.6) is 0 Å². The largest absolute Gasteiger partial charge is 0.271 e. The lowest BCUT2D eigenvalue weighted by atomic mass is 9.84. The highest BCUT2D eigenvalue weighted by atomic mass is 79.9. The number of carbonyl (C=O) groups is 4. The highest BCUT2D eigenvalue weighted by Crippen LogP contribution is 2.42. The van der Waals surface area contributed by atoms with Gasteiger partial charge in [0.2, 0.25) is 0 Å². The van der Waals surface area contributed by atoms with Crippen LogP contribution in [-0.4, -0.2) is 45.5 Å². The van der Waals surface area contributed by atoms with Crippen molar-refractivity contribution in [2.24, 2.45) is 0 Å². The molecule has 0 radical (unpaired) electrons. The Morgan fingerprint density at radius 2 is 1.02 bits per heavy atom. The lowest BCUT2D eigenvalue weighted by Crippen LogP contribution is -2.49. The molecule has 0 N–H and O–H groups in total. The van der Waals surface area contributed by atoms with Gasteiger partial charge in [-0.15, -0.1) is 0 Å². The summed E-state index contributed by atoms with van der Waals surface area (Å²) in [5.41, 5.74) is 1.55. The molecule has 2 unspecified atom stereocenters. The van der Waals surface area contributed by atoms with E-state index in [1.165, 1.54) is 35.5 Å². The van der Waals surface area contributed by atoms with Gasteiger partial charge in [0.05, 0.1) is 5.56 Å². The number of rotatable bonds is 16. The second-order valence-electron chi connectivity index (χ2n) is 11.7. The Labute approximate surface area is 253 Å². The number of carbonyl (C=O) groups excluding carboxylic acids is 4. The lowest BCUT2D eigenvalue weighted by molar-refractivity contribution is 0.0501. The topological polar surface area (TPSA) is 74.8 Å². The van der Waals surface area contributed by atoms with Gasteiger partial charge >= 0.3 is 0 Å². The van der Waals surface area contributed by atoms with E-state index >= 15 is 0 Å². The van der Waals surface area contributed by atoms with E-state index in [1.807, 2.05) is 13.8 Å². The van der Waals surface area contributed by atoms with Gasteiger partial charge in [0.15, 0.2) is 0 Å². The molecule has 6 nitrogen and oxygen atoms in total. The normalized spacial score (nSPS) is 16.2. The molecule has 0 saturated carbocycles. The average Bonchev–Trinajstić information content (AvgIpc) is 2.96. The predicted octanol–water partition coefficient (Wildman–Crippen LogP) is 9.07. The molecule has 7 heteroatoms. The fourth-order valence-corrected chi connectivity index (χ4v) is 7.22. The number of imide groups is 2. The van der Waals surface area contributed by atoms with E-state index in [-0.39, 0.29) is 35.7 Å². The van der Waals surface area contributed by atoms with Crippen molar-refractivity contribution in [2.75, 3.05) is 0 Å². The zero-order chi connectivity index (χ0) is 29.7. The summed E-state index contributed by atoms with van der Waals surface area (Å²) in [6, 6.07) is 4.68. The lowest BCUT2D eigenvalue weighted by Gasteiger charge is -2.37. The van der Waals surface area contributed by atoms with Crippen LogP contribution in [0.15, 0.2) is 22.7 Å². The van der Waals surface area contributed by atoms with Gasteiger partial charge < -0.3 is 0 Å². The van der Waals surface area contributed by atoms with Gasteiger partial charge in [-0.25, -0.2) is 0 Å². The maximum absolute atomic E-state index is 14.0. The molecule has 0 saturated heterocycles. The van der Waals surface area contributed by atoms with Gasteiger partial charge in [0.1, 0.15) is 0 Å². The van der Waals surface area contributed by atoms with Crippen LogP contribution in [0.3, 0.4) is 0 Å². The third kappa shape index (κ3) is 6.02. The van der Waals surface area contributed by atoms with Gasteiger partial charge in [-0.2, -0.15) is 0 Å². The highest BCUT2D eigenvalue weighted by Gasteiger charge is 2.43. The zero-order valence-corrected chi connectivity index (χ0v) is 26.8. The van der Waals surface area contributed by atoms with Gasteiger partial charge in [-0.1, -0.05) is 91.9 Å². The fraction of sp³-hybridized carbons (Fsp3) is 0.588. The van der Waals surface area contributed by atoms with Crippen molar-refractivity contribution in [1.82, 2.24) is 9.80 Å². The Hall–Kier alpha value is -2.54. The summed E-state index contributed by atoms with van der Waals surface area (Å²) in [5.74, 6) is -1.35. The zero-order valence-electron chi connectivity index (χ0n) is 25.2.